The van der Waals surface area contributed by atoms with Crippen molar-refractivity contribution in [2.24, 2.45) is 7.05 Å². The first-order valence-electron chi connectivity index (χ1n) is 8.44. The van der Waals surface area contributed by atoms with Crippen LogP contribution in [0.2, 0.25) is 0 Å². The van der Waals surface area contributed by atoms with E-state index < -0.39 is 0 Å². The SMILES string of the molecule is Cn1nc(C(=O)NCC(c2ccc(F)cc2)N2CCOCC2)ccc1=O. The van der Waals surface area contributed by atoms with Gasteiger partial charge in [-0.25, -0.2) is 9.07 Å². The molecule has 1 amide bonds. The molecule has 1 atom stereocenters. The molecule has 3 rings (SSSR count). The lowest BCUT2D eigenvalue weighted by Crippen LogP contribution is -2.44. The van der Waals surface area contributed by atoms with Gasteiger partial charge in [0, 0.05) is 32.7 Å². The van der Waals surface area contributed by atoms with E-state index in [-0.39, 0.29) is 29.0 Å². The summed E-state index contributed by atoms with van der Waals surface area (Å²) in [6.07, 6.45) is 0. The van der Waals surface area contributed by atoms with Gasteiger partial charge in [-0.05, 0) is 23.8 Å². The summed E-state index contributed by atoms with van der Waals surface area (Å²) in [5, 5.41) is 6.82. The van der Waals surface area contributed by atoms with Crippen LogP contribution >= 0.6 is 0 Å². The molecule has 1 aliphatic heterocycles. The summed E-state index contributed by atoms with van der Waals surface area (Å²) < 4.78 is 19.8. The van der Waals surface area contributed by atoms with Gasteiger partial charge in [0.05, 0.1) is 19.3 Å². The maximum atomic E-state index is 13.3. The molecule has 1 aromatic heterocycles. The second-order valence-corrected chi connectivity index (χ2v) is 6.11. The van der Waals surface area contributed by atoms with Crippen molar-refractivity contribution in [3.63, 3.8) is 0 Å². The predicted molar refractivity (Wildman–Crippen MR) is 93.3 cm³/mol. The summed E-state index contributed by atoms with van der Waals surface area (Å²) in [6.45, 7) is 3.04. The average molecular weight is 360 g/mol. The largest absolute Gasteiger partial charge is 0.379 e. The maximum Gasteiger partial charge on any atom is 0.271 e. The Morgan fingerprint density at radius 2 is 1.92 bits per heavy atom. The van der Waals surface area contributed by atoms with Crippen LogP contribution < -0.4 is 10.9 Å². The molecule has 1 fully saturated rings. The molecule has 7 nitrogen and oxygen atoms in total. The highest BCUT2D eigenvalue weighted by atomic mass is 19.1. The molecule has 0 bridgehead atoms. The zero-order chi connectivity index (χ0) is 18.5. The Balaban J connectivity index is 1.74. The molecule has 8 heteroatoms. The standard InChI is InChI=1S/C18H21FN4O3/c1-22-17(24)7-6-15(21-22)18(25)20-12-16(23-8-10-26-11-9-23)13-2-4-14(19)5-3-13/h2-7,16H,8-12H2,1H3,(H,20,25). The van der Waals surface area contributed by atoms with Gasteiger partial charge in [-0.2, -0.15) is 5.10 Å². The molecule has 0 saturated carbocycles. The summed E-state index contributed by atoms with van der Waals surface area (Å²) in [4.78, 5) is 26.0. The Kier molecular flexibility index (Phi) is 5.75. The number of morpholine rings is 1. The first kappa shape index (κ1) is 18.2. The van der Waals surface area contributed by atoms with E-state index in [1.54, 1.807) is 12.1 Å². The normalized spacial score (nSPS) is 16.2. The van der Waals surface area contributed by atoms with E-state index in [9.17, 15) is 14.0 Å². The van der Waals surface area contributed by atoms with E-state index in [0.29, 0.717) is 19.8 Å². The molecule has 1 N–H and O–H groups in total. The monoisotopic (exact) mass is 360 g/mol. The van der Waals surface area contributed by atoms with Gasteiger partial charge < -0.3 is 10.1 Å². The molecular weight excluding hydrogens is 339 g/mol. The van der Waals surface area contributed by atoms with Gasteiger partial charge >= 0.3 is 0 Å². The molecule has 1 unspecified atom stereocenters. The van der Waals surface area contributed by atoms with Gasteiger partial charge in [-0.15, -0.1) is 0 Å². The molecule has 0 radical (unpaired) electrons. The average Bonchev–Trinajstić information content (AvgIpc) is 2.66. The Hall–Kier alpha value is -2.58. The minimum Gasteiger partial charge on any atom is -0.379 e. The highest BCUT2D eigenvalue weighted by Crippen LogP contribution is 2.21. The highest BCUT2D eigenvalue weighted by Gasteiger charge is 2.23. The summed E-state index contributed by atoms with van der Waals surface area (Å²) in [5.41, 5.74) is 0.813. The Labute approximate surface area is 150 Å². The molecule has 1 saturated heterocycles. The zero-order valence-electron chi connectivity index (χ0n) is 14.5. The smallest absolute Gasteiger partial charge is 0.271 e. The number of aryl methyl sites for hydroxylation is 1. The molecule has 138 valence electrons. The maximum absolute atomic E-state index is 13.3. The molecule has 1 aromatic carbocycles. The molecule has 1 aliphatic rings. The number of nitrogens with one attached hydrogen (secondary N) is 1. The third-order valence-electron chi connectivity index (χ3n) is 4.39. The van der Waals surface area contributed by atoms with Crippen molar-refractivity contribution in [2.45, 2.75) is 6.04 Å². The first-order valence-corrected chi connectivity index (χ1v) is 8.44. The molecule has 0 spiro atoms. The van der Waals surface area contributed by atoms with Crippen molar-refractivity contribution in [2.75, 3.05) is 32.8 Å². The van der Waals surface area contributed by atoms with Crippen LogP contribution in [0.3, 0.4) is 0 Å². The Bertz CT molecular complexity index is 816. The molecule has 2 aromatic rings. The van der Waals surface area contributed by atoms with Crippen LogP contribution in [0.1, 0.15) is 22.1 Å². The van der Waals surface area contributed by atoms with Crippen molar-refractivity contribution in [3.05, 3.63) is 63.8 Å². The van der Waals surface area contributed by atoms with E-state index in [0.717, 1.165) is 23.3 Å². The number of aromatic nitrogens is 2. The van der Waals surface area contributed by atoms with Crippen LogP contribution in [-0.2, 0) is 11.8 Å². The molecule has 2 heterocycles. The number of hydrogen-bond acceptors (Lipinski definition) is 5. The minimum atomic E-state index is -0.360. The molecule has 0 aliphatic carbocycles. The third-order valence-corrected chi connectivity index (χ3v) is 4.39. The Morgan fingerprint density at radius 3 is 2.58 bits per heavy atom. The van der Waals surface area contributed by atoms with Crippen molar-refractivity contribution >= 4 is 5.91 Å². The number of nitrogens with zero attached hydrogens (tertiary/aromatic N) is 3. The van der Waals surface area contributed by atoms with Crippen molar-refractivity contribution in [3.8, 4) is 0 Å². The van der Waals surface area contributed by atoms with Gasteiger partial charge in [-0.3, -0.25) is 14.5 Å². The predicted octanol–water partition coefficient (Wildman–Crippen LogP) is 0.723. The Morgan fingerprint density at radius 1 is 1.23 bits per heavy atom. The number of carbonyl (C=O) groups is 1. The van der Waals surface area contributed by atoms with Gasteiger partial charge in [0.25, 0.3) is 11.5 Å². The second-order valence-electron chi connectivity index (χ2n) is 6.11. The number of hydrogen-bond donors (Lipinski definition) is 1. The topological polar surface area (TPSA) is 76.5 Å². The summed E-state index contributed by atoms with van der Waals surface area (Å²) in [7, 11) is 1.49. The van der Waals surface area contributed by atoms with E-state index in [2.05, 4.69) is 15.3 Å². The fraction of sp³-hybridized carbons (Fsp3) is 0.389. The van der Waals surface area contributed by atoms with E-state index >= 15 is 0 Å². The van der Waals surface area contributed by atoms with Crippen molar-refractivity contribution < 1.29 is 13.9 Å². The van der Waals surface area contributed by atoms with Gasteiger partial charge in [-0.1, -0.05) is 12.1 Å². The fourth-order valence-electron chi connectivity index (χ4n) is 2.94. The van der Waals surface area contributed by atoms with Gasteiger partial charge in [0.15, 0.2) is 0 Å². The lowest BCUT2D eigenvalue weighted by atomic mass is 10.0. The summed E-state index contributed by atoms with van der Waals surface area (Å²) in [6, 6.07) is 8.90. The quantitative estimate of drug-likeness (QED) is 0.850. The lowest BCUT2D eigenvalue weighted by molar-refractivity contribution is 0.0162. The third kappa shape index (κ3) is 4.33. The molecular formula is C18H21FN4O3. The van der Waals surface area contributed by atoms with Gasteiger partial charge in [0.1, 0.15) is 11.5 Å². The van der Waals surface area contributed by atoms with E-state index in [4.69, 9.17) is 4.74 Å². The van der Waals surface area contributed by atoms with Gasteiger partial charge in [0.2, 0.25) is 0 Å². The number of rotatable bonds is 5. The number of benzene rings is 1. The fourth-order valence-corrected chi connectivity index (χ4v) is 2.94. The number of carbonyl (C=O) groups excluding carboxylic acids is 1. The second kappa shape index (κ2) is 8.20. The minimum absolute atomic E-state index is 0.101. The summed E-state index contributed by atoms with van der Waals surface area (Å²) >= 11 is 0. The van der Waals surface area contributed by atoms with E-state index in [1.165, 1.54) is 31.3 Å². The van der Waals surface area contributed by atoms with Crippen LogP contribution in [0.15, 0.2) is 41.2 Å². The van der Waals surface area contributed by atoms with Crippen LogP contribution in [-0.4, -0.2) is 53.4 Å². The van der Waals surface area contributed by atoms with Crippen LogP contribution in [0, 0.1) is 5.82 Å². The lowest BCUT2D eigenvalue weighted by Gasteiger charge is -2.34. The number of amides is 1. The van der Waals surface area contributed by atoms with Crippen LogP contribution in [0.4, 0.5) is 4.39 Å². The number of ether oxygens (including phenoxy) is 1. The summed E-state index contributed by atoms with van der Waals surface area (Å²) in [5.74, 6) is -0.658. The van der Waals surface area contributed by atoms with Crippen molar-refractivity contribution in [1.82, 2.24) is 20.0 Å². The number of halogens is 1. The van der Waals surface area contributed by atoms with E-state index in [1.807, 2.05) is 0 Å². The highest BCUT2D eigenvalue weighted by molar-refractivity contribution is 5.92. The van der Waals surface area contributed by atoms with Crippen LogP contribution in [0.5, 0.6) is 0 Å². The van der Waals surface area contributed by atoms with Crippen molar-refractivity contribution in [1.29, 1.82) is 0 Å². The van der Waals surface area contributed by atoms with Crippen LogP contribution in [0.25, 0.3) is 0 Å². The zero-order valence-corrected chi connectivity index (χ0v) is 14.5. The first-order chi connectivity index (χ1) is 12.5. The molecule has 26 heavy (non-hydrogen) atoms.